The maximum Gasteiger partial charge on any atom is 0.0586 e. The van der Waals surface area contributed by atoms with E-state index < -0.39 is 0 Å². The smallest absolute Gasteiger partial charge is 0.0586 e. The van der Waals surface area contributed by atoms with Gasteiger partial charge in [0.25, 0.3) is 0 Å². The van der Waals surface area contributed by atoms with Crippen LogP contribution in [-0.4, -0.2) is 6.54 Å². The van der Waals surface area contributed by atoms with Crippen molar-refractivity contribution in [2.24, 2.45) is 0 Å². The van der Waals surface area contributed by atoms with Crippen molar-refractivity contribution in [2.75, 3.05) is 6.54 Å². The van der Waals surface area contributed by atoms with Gasteiger partial charge in [-0.1, -0.05) is 26.7 Å². The third-order valence-corrected chi connectivity index (χ3v) is 1.16. The van der Waals surface area contributed by atoms with Crippen LogP contribution in [0.1, 0.15) is 39.5 Å². The summed E-state index contributed by atoms with van der Waals surface area (Å²) < 4.78 is 0. The molecule has 1 N–H and O–H groups in total. The SMILES string of the molecule is CCCC[C]NCCC. The molecule has 9 heavy (non-hydrogen) atoms. The van der Waals surface area contributed by atoms with Crippen LogP contribution in [0.3, 0.4) is 0 Å². The minimum atomic E-state index is 1.07. The monoisotopic (exact) mass is 127 g/mol. The van der Waals surface area contributed by atoms with E-state index in [0.29, 0.717) is 0 Å². The zero-order valence-corrected chi connectivity index (χ0v) is 6.54. The summed E-state index contributed by atoms with van der Waals surface area (Å²) in [5, 5.41) is 3.12. The van der Waals surface area contributed by atoms with E-state index in [2.05, 4.69) is 25.7 Å². The van der Waals surface area contributed by atoms with Crippen LogP contribution in [0.15, 0.2) is 0 Å². The number of unbranched alkanes of at least 4 members (excludes halogenated alkanes) is 2. The zero-order valence-electron chi connectivity index (χ0n) is 6.54. The summed E-state index contributed by atoms with van der Waals surface area (Å²) in [7, 11) is 0. The van der Waals surface area contributed by atoms with Crippen LogP contribution in [0.4, 0.5) is 0 Å². The molecule has 54 valence electrons. The molecule has 0 aromatic carbocycles. The maximum atomic E-state index is 3.14. The molecule has 0 saturated heterocycles. The Balaban J connectivity index is 2.60. The maximum absolute atomic E-state index is 3.14. The quantitative estimate of drug-likeness (QED) is 0.426. The second kappa shape index (κ2) is 7.96. The van der Waals surface area contributed by atoms with E-state index in [9.17, 15) is 0 Å². The number of nitrogens with one attached hydrogen (secondary N) is 1. The van der Waals surface area contributed by atoms with Gasteiger partial charge in [0.2, 0.25) is 0 Å². The fourth-order valence-corrected chi connectivity index (χ4v) is 0.567. The van der Waals surface area contributed by atoms with Gasteiger partial charge < -0.3 is 5.32 Å². The minimum absolute atomic E-state index is 1.07. The predicted octanol–water partition coefficient (Wildman–Crippen LogP) is 2.21. The molecule has 0 rings (SSSR count). The fraction of sp³-hybridized carbons (Fsp3) is 0.875. The van der Waals surface area contributed by atoms with Gasteiger partial charge in [0, 0.05) is 0 Å². The molecule has 0 aliphatic rings. The van der Waals surface area contributed by atoms with Crippen molar-refractivity contribution >= 4 is 0 Å². The third kappa shape index (κ3) is 7.96. The van der Waals surface area contributed by atoms with Crippen molar-refractivity contribution in [1.29, 1.82) is 0 Å². The van der Waals surface area contributed by atoms with Crippen molar-refractivity contribution in [1.82, 2.24) is 5.32 Å². The molecule has 0 saturated carbocycles. The summed E-state index contributed by atoms with van der Waals surface area (Å²) in [6.07, 6.45) is 4.81. The molecule has 1 heteroatoms. The van der Waals surface area contributed by atoms with E-state index in [1.54, 1.807) is 0 Å². The van der Waals surface area contributed by atoms with Gasteiger partial charge in [-0.15, -0.1) is 0 Å². The lowest BCUT2D eigenvalue weighted by Crippen LogP contribution is -2.10. The summed E-state index contributed by atoms with van der Waals surface area (Å²) in [5.74, 6) is 0. The Morgan fingerprint density at radius 3 is 2.56 bits per heavy atom. The molecule has 0 unspecified atom stereocenters. The van der Waals surface area contributed by atoms with Crippen LogP contribution in [-0.2, 0) is 0 Å². The van der Waals surface area contributed by atoms with Gasteiger partial charge in [-0.05, 0) is 19.4 Å². The van der Waals surface area contributed by atoms with Gasteiger partial charge in [-0.25, -0.2) is 0 Å². The number of hydrogen-bond acceptors (Lipinski definition) is 1. The molecule has 0 aromatic rings. The molecule has 0 bridgehead atoms. The molecule has 0 aromatic heterocycles. The fourth-order valence-electron chi connectivity index (χ4n) is 0.567. The van der Waals surface area contributed by atoms with Crippen molar-refractivity contribution in [3.05, 3.63) is 6.54 Å². The third-order valence-electron chi connectivity index (χ3n) is 1.16. The standard InChI is InChI=1S/C8H17N/c1-3-5-6-8-9-7-4-2/h9H,3-7H2,1-2H3. The lowest BCUT2D eigenvalue weighted by atomic mass is 10.2. The molecule has 0 spiro atoms. The van der Waals surface area contributed by atoms with E-state index >= 15 is 0 Å². The Morgan fingerprint density at radius 2 is 2.00 bits per heavy atom. The first kappa shape index (κ1) is 8.96. The second-order valence-electron chi connectivity index (χ2n) is 2.21. The predicted molar refractivity (Wildman–Crippen MR) is 41.1 cm³/mol. The highest BCUT2D eigenvalue weighted by atomic mass is 14.8. The van der Waals surface area contributed by atoms with E-state index in [1.165, 1.54) is 19.3 Å². The van der Waals surface area contributed by atoms with Crippen molar-refractivity contribution < 1.29 is 0 Å². The highest BCUT2D eigenvalue weighted by molar-refractivity contribution is 4.59. The first-order valence-corrected chi connectivity index (χ1v) is 3.87. The molecule has 0 fully saturated rings. The first-order valence-electron chi connectivity index (χ1n) is 3.87. The summed E-state index contributed by atoms with van der Waals surface area (Å²) in [6.45, 7) is 8.57. The summed E-state index contributed by atoms with van der Waals surface area (Å²) >= 11 is 0. The Labute approximate surface area is 58.8 Å². The minimum Gasteiger partial charge on any atom is -0.308 e. The second-order valence-corrected chi connectivity index (χ2v) is 2.21. The molecule has 0 aliphatic carbocycles. The molecular weight excluding hydrogens is 110 g/mol. The van der Waals surface area contributed by atoms with Crippen LogP contribution in [0, 0.1) is 6.54 Å². The Bertz CT molecular complexity index is 37.8. The highest BCUT2D eigenvalue weighted by Crippen LogP contribution is 1.94. The van der Waals surface area contributed by atoms with Gasteiger partial charge >= 0.3 is 0 Å². The van der Waals surface area contributed by atoms with Crippen LogP contribution in [0.25, 0.3) is 0 Å². The lowest BCUT2D eigenvalue weighted by molar-refractivity contribution is 0.681. The van der Waals surface area contributed by atoms with Gasteiger partial charge in [-0.2, -0.15) is 0 Å². The molecule has 0 heterocycles. The average molecular weight is 127 g/mol. The highest BCUT2D eigenvalue weighted by Gasteiger charge is 1.85. The van der Waals surface area contributed by atoms with E-state index in [1.807, 2.05) is 0 Å². The summed E-state index contributed by atoms with van der Waals surface area (Å²) in [4.78, 5) is 0. The Morgan fingerprint density at radius 1 is 1.22 bits per heavy atom. The van der Waals surface area contributed by atoms with Gasteiger partial charge in [-0.3, -0.25) is 0 Å². The molecule has 0 atom stereocenters. The van der Waals surface area contributed by atoms with Gasteiger partial charge in [0.1, 0.15) is 0 Å². The van der Waals surface area contributed by atoms with Crippen molar-refractivity contribution in [3.8, 4) is 0 Å². The van der Waals surface area contributed by atoms with E-state index in [4.69, 9.17) is 0 Å². The van der Waals surface area contributed by atoms with Crippen LogP contribution in [0.2, 0.25) is 0 Å². The zero-order chi connectivity index (χ0) is 6.95. The summed E-state index contributed by atoms with van der Waals surface area (Å²) in [6, 6.07) is 0. The Hall–Kier alpha value is -0.0400. The molecule has 2 radical (unpaired) electrons. The lowest BCUT2D eigenvalue weighted by Gasteiger charge is -1.98. The molecule has 0 aliphatic heterocycles. The Kier molecular flexibility index (Phi) is 7.92. The van der Waals surface area contributed by atoms with Gasteiger partial charge in [0.15, 0.2) is 0 Å². The topological polar surface area (TPSA) is 12.0 Å². The van der Waals surface area contributed by atoms with Crippen LogP contribution < -0.4 is 5.32 Å². The summed E-state index contributed by atoms with van der Waals surface area (Å²) in [5.41, 5.74) is 0. The van der Waals surface area contributed by atoms with E-state index in [-0.39, 0.29) is 0 Å². The van der Waals surface area contributed by atoms with Crippen LogP contribution in [0.5, 0.6) is 0 Å². The van der Waals surface area contributed by atoms with Crippen molar-refractivity contribution in [3.63, 3.8) is 0 Å². The van der Waals surface area contributed by atoms with Crippen LogP contribution >= 0.6 is 0 Å². The largest absolute Gasteiger partial charge is 0.308 e. The number of hydrogen-bond donors (Lipinski definition) is 1. The number of rotatable bonds is 6. The molecule has 1 nitrogen and oxygen atoms in total. The van der Waals surface area contributed by atoms with Gasteiger partial charge in [0.05, 0.1) is 6.54 Å². The molecule has 0 amide bonds. The molecular formula is C8H17N. The van der Waals surface area contributed by atoms with E-state index in [0.717, 1.165) is 13.0 Å². The van der Waals surface area contributed by atoms with Crippen molar-refractivity contribution in [2.45, 2.75) is 39.5 Å². The first-order chi connectivity index (χ1) is 4.41. The normalized spacial score (nSPS) is 10.0. The average Bonchev–Trinajstić information content (AvgIpc) is 1.89.